The van der Waals surface area contributed by atoms with Crippen LogP contribution in [0.1, 0.15) is 27.2 Å². The maximum atomic E-state index is 12.0. The number of rotatable bonds is 5. The molecule has 7 nitrogen and oxygen atoms in total. The van der Waals surface area contributed by atoms with E-state index in [2.05, 4.69) is 15.5 Å². The molecule has 2 aliphatic rings. The van der Waals surface area contributed by atoms with Gasteiger partial charge < -0.3 is 20.3 Å². The minimum Gasteiger partial charge on any atom is -0.379 e. The Morgan fingerprint density at radius 3 is 2.59 bits per heavy atom. The monoisotopic (exact) mass is 312 g/mol. The Hall–Kier alpha value is -1.34. The van der Waals surface area contributed by atoms with Crippen LogP contribution in [-0.4, -0.2) is 79.3 Å². The second-order valence-electron chi connectivity index (χ2n) is 6.47. The quantitative estimate of drug-likeness (QED) is 0.750. The van der Waals surface area contributed by atoms with Crippen LogP contribution in [0.15, 0.2) is 0 Å². The molecule has 126 valence electrons. The second kappa shape index (κ2) is 7.78. The summed E-state index contributed by atoms with van der Waals surface area (Å²) in [5.41, 5.74) is 0. The van der Waals surface area contributed by atoms with Gasteiger partial charge in [-0.25, -0.2) is 4.79 Å². The molecule has 2 rings (SSSR count). The molecule has 0 aromatic rings. The Morgan fingerprint density at radius 2 is 2.00 bits per heavy atom. The first-order valence-corrected chi connectivity index (χ1v) is 8.12. The van der Waals surface area contributed by atoms with Gasteiger partial charge in [-0.1, -0.05) is 0 Å². The number of urea groups is 1. The largest absolute Gasteiger partial charge is 0.379 e. The van der Waals surface area contributed by atoms with Crippen molar-refractivity contribution in [1.82, 2.24) is 20.4 Å². The normalized spacial score (nSPS) is 24.6. The molecule has 0 aromatic carbocycles. The van der Waals surface area contributed by atoms with Gasteiger partial charge in [0.1, 0.15) is 0 Å². The highest BCUT2D eigenvalue weighted by Gasteiger charge is 2.32. The van der Waals surface area contributed by atoms with Gasteiger partial charge in [0.2, 0.25) is 5.91 Å². The lowest BCUT2D eigenvalue weighted by molar-refractivity contribution is -0.129. The van der Waals surface area contributed by atoms with E-state index in [1.165, 1.54) is 0 Å². The molecular formula is C15H28N4O3. The van der Waals surface area contributed by atoms with Crippen LogP contribution >= 0.6 is 0 Å². The lowest BCUT2D eigenvalue weighted by atomic mass is 10.2. The summed E-state index contributed by atoms with van der Waals surface area (Å²) in [6.45, 7) is 10.7. The van der Waals surface area contributed by atoms with Gasteiger partial charge in [-0.3, -0.25) is 9.69 Å². The predicted molar refractivity (Wildman–Crippen MR) is 83.6 cm³/mol. The molecule has 2 atom stereocenters. The molecule has 0 spiro atoms. The minimum absolute atomic E-state index is 0.0661. The molecule has 2 heterocycles. The number of morpholine rings is 1. The van der Waals surface area contributed by atoms with Gasteiger partial charge in [-0.15, -0.1) is 0 Å². The second-order valence-corrected chi connectivity index (χ2v) is 6.47. The van der Waals surface area contributed by atoms with E-state index in [0.717, 1.165) is 32.8 Å². The van der Waals surface area contributed by atoms with E-state index in [1.54, 1.807) is 0 Å². The van der Waals surface area contributed by atoms with Crippen LogP contribution in [0.25, 0.3) is 0 Å². The number of nitrogens with one attached hydrogen (secondary N) is 2. The Labute approximate surface area is 132 Å². The molecule has 2 aliphatic heterocycles. The lowest BCUT2D eigenvalue weighted by Crippen LogP contribution is -2.50. The molecule has 0 radical (unpaired) electrons. The number of likely N-dealkylation sites (tertiary alicyclic amines) is 1. The van der Waals surface area contributed by atoms with Crippen LogP contribution in [0.4, 0.5) is 4.79 Å². The molecule has 0 aliphatic carbocycles. The van der Waals surface area contributed by atoms with Gasteiger partial charge in [-0.05, 0) is 20.8 Å². The van der Waals surface area contributed by atoms with E-state index in [1.807, 2.05) is 25.7 Å². The fraction of sp³-hybridized carbons (Fsp3) is 0.867. The third-order valence-corrected chi connectivity index (χ3v) is 4.13. The van der Waals surface area contributed by atoms with Crippen molar-refractivity contribution in [3.63, 3.8) is 0 Å². The number of carbonyl (C=O) groups is 2. The third-order valence-electron chi connectivity index (χ3n) is 4.13. The Morgan fingerprint density at radius 1 is 1.32 bits per heavy atom. The zero-order valence-electron chi connectivity index (χ0n) is 13.8. The van der Waals surface area contributed by atoms with E-state index in [9.17, 15) is 9.59 Å². The summed E-state index contributed by atoms with van der Waals surface area (Å²) in [4.78, 5) is 28.0. The highest BCUT2D eigenvalue weighted by Crippen LogP contribution is 2.14. The maximum absolute atomic E-state index is 12.0. The van der Waals surface area contributed by atoms with Gasteiger partial charge in [0.05, 0.1) is 19.3 Å². The van der Waals surface area contributed by atoms with Crippen LogP contribution in [0, 0.1) is 0 Å². The van der Waals surface area contributed by atoms with Crippen LogP contribution in [0.3, 0.4) is 0 Å². The third kappa shape index (κ3) is 4.84. The summed E-state index contributed by atoms with van der Waals surface area (Å²) in [6.07, 6.45) is 0.392. The molecule has 0 unspecified atom stereocenters. The van der Waals surface area contributed by atoms with Gasteiger partial charge in [0.25, 0.3) is 0 Å². The van der Waals surface area contributed by atoms with Gasteiger partial charge in [-0.2, -0.15) is 0 Å². The van der Waals surface area contributed by atoms with E-state index in [0.29, 0.717) is 13.0 Å². The van der Waals surface area contributed by atoms with E-state index < -0.39 is 0 Å². The average Bonchev–Trinajstić information content (AvgIpc) is 2.80. The first kappa shape index (κ1) is 17.0. The summed E-state index contributed by atoms with van der Waals surface area (Å²) in [7, 11) is 0. The summed E-state index contributed by atoms with van der Waals surface area (Å²) >= 11 is 0. The van der Waals surface area contributed by atoms with Crippen molar-refractivity contribution in [2.24, 2.45) is 0 Å². The first-order chi connectivity index (χ1) is 10.5. The highest BCUT2D eigenvalue weighted by molar-refractivity contribution is 5.81. The number of hydrogen-bond acceptors (Lipinski definition) is 4. The SMILES string of the molecule is CC(C)N1C[C@H](NC(=O)N[C@@H](C)CN2CCOCC2)CC1=O. The zero-order chi connectivity index (χ0) is 16.1. The average molecular weight is 312 g/mol. The van der Waals surface area contributed by atoms with Crippen molar-refractivity contribution >= 4 is 11.9 Å². The van der Waals surface area contributed by atoms with Crippen LogP contribution in [0.5, 0.6) is 0 Å². The minimum atomic E-state index is -0.191. The molecule has 0 aromatic heterocycles. The summed E-state index contributed by atoms with van der Waals surface area (Å²) < 4.78 is 5.31. The molecule has 2 fully saturated rings. The van der Waals surface area contributed by atoms with Gasteiger partial charge in [0, 0.05) is 44.7 Å². The Balaban J connectivity index is 1.70. The lowest BCUT2D eigenvalue weighted by Gasteiger charge is -2.29. The molecule has 0 bridgehead atoms. The van der Waals surface area contributed by atoms with Crippen molar-refractivity contribution in [1.29, 1.82) is 0 Å². The van der Waals surface area contributed by atoms with Gasteiger partial charge >= 0.3 is 6.03 Å². The zero-order valence-corrected chi connectivity index (χ0v) is 13.8. The molecule has 2 saturated heterocycles. The molecule has 0 saturated carbocycles. The standard InChI is InChI=1S/C15H28N4O3/c1-11(2)19-10-13(8-14(19)20)17-15(21)16-12(3)9-18-4-6-22-7-5-18/h11-13H,4-10H2,1-3H3,(H2,16,17,21)/t12-,13+/m0/s1. The van der Waals surface area contributed by atoms with E-state index in [4.69, 9.17) is 4.74 Å². The Kier molecular flexibility index (Phi) is 6.02. The molecular weight excluding hydrogens is 284 g/mol. The maximum Gasteiger partial charge on any atom is 0.315 e. The van der Waals surface area contributed by atoms with Crippen LogP contribution < -0.4 is 10.6 Å². The fourth-order valence-electron chi connectivity index (χ4n) is 2.99. The molecule has 2 N–H and O–H groups in total. The predicted octanol–water partition coefficient (Wildman–Crippen LogP) is 0.0156. The molecule has 3 amide bonds. The Bertz CT molecular complexity index is 396. The van der Waals surface area contributed by atoms with Crippen LogP contribution in [-0.2, 0) is 9.53 Å². The molecule has 22 heavy (non-hydrogen) atoms. The van der Waals surface area contributed by atoms with Gasteiger partial charge in [0.15, 0.2) is 0 Å². The summed E-state index contributed by atoms with van der Waals surface area (Å²) in [6, 6.07) is -0.0336. The first-order valence-electron chi connectivity index (χ1n) is 8.12. The van der Waals surface area contributed by atoms with Crippen molar-refractivity contribution in [3.8, 4) is 0 Å². The van der Waals surface area contributed by atoms with E-state index in [-0.39, 0.29) is 30.1 Å². The number of carbonyl (C=O) groups excluding carboxylic acids is 2. The van der Waals surface area contributed by atoms with E-state index >= 15 is 0 Å². The highest BCUT2D eigenvalue weighted by atomic mass is 16.5. The smallest absolute Gasteiger partial charge is 0.315 e. The number of nitrogens with zero attached hydrogens (tertiary/aromatic N) is 2. The number of ether oxygens (including phenoxy) is 1. The van der Waals surface area contributed by atoms with Crippen LogP contribution in [0.2, 0.25) is 0 Å². The van der Waals surface area contributed by atoms with Crippen molar-refractivity contribution in [3.05, 3.63) is 0 Å². The molecule has 7 heteroatoms. The van der Waals surface area contributed by atoms with Crippen molar-refractivity contribution < 1.29 is 14.3 Å². The van der Waals surface area contributed by atoms with Crippen molar-refractivity contribution in [2.75, 3.05) is 39.4 Å². The van der Waals surface area contributed by atoms with Crippen molar-refractivity contribution in [2.45, 2.75) is 45.3 Å². The number of amides is 3. The fourth-order valence-corrected chi connectivity index (χ4v) is 2.99. The summed E-state index contributed by atoms with van der Waals surface area (Å²) in [5.74, 6) is 0.113. The number of hydrogen-bond donors (Lipinski definition) is 2. The topological polar surface area (TPSA) is 73.9 Å². The summed E-state index contributed by atoms with van der Waals surface area (Å²) in [5, 5.41) is 5.86.